The normalized spacial score (nSPS) is 20.6. The highest BCUT2D eigenvalue weighted by atomic mass is 79.9. The summed E-state index contributed by atoms with van der Waals surface area (Å²) in [6.07, 6.45) is 6.41. The topological polar surface area (TPSA) is 18.5 Å². The number of hydrogen-bond acceptors (Lipinski definition) is 2. The summed E-state index contributed by atoms with van der Waals surface area (Å²) in [4.78, 5) is 0.359. The van der Waals surface area contributed by atoms with Crippen LogP contribution in [0.15, 0.2) is 22.7 Å². The highest BCUT2D eigenvalue weighted by Gasteiger charge is 2.17. The fraction of sp³-hybridized carbons (Fsp3) is 0.625. The lowest BCUT2D eigenvalue weighted by Crippen LogP contribution is -2.19. The minimum Gasteiger partial charge on any atom is -0.494 e. The third-order valence-corrected chi connectivity index (χ3v) is 5.27. The van der Waals surface area contributed by atoms with Crippen molar-refractivity contribution in [3.05, 3.63) is 28.2 Å². The van der Waals surface area contributed by atoms with Gasteiger partial charge in [0.1, 0.15) is 5.75 Å². The molecule has 0 saturated carbocycles. The minimum absolute atomic E-state index is 0.359. The van der Waals surface area contributed by atoms with E-state index in [1.54, 1.807) is 0 Å². The van der Waals surface area contributed by atoms with E-state index in [0.29, 0.717) is 17.5 Å². The van der Waals surface area contributed by atoms with E-state index in [1.807, 2.05) is 19.1 Å². The Labute approximate surface area is 138 Å². The molecule has 0 aromatic heterocycles. The van der Waals surface area contributed by atoms with Crippen LogP contribution in [0.25, 0.3) is 0 Å². The average Bonchev–Trinajstić information content (AvgIpc) is 2.46. The predicted octanol–water partition coefficient (Wildman–Crippen LogP) is 5.63. The van der Waals surface area contributed by atoms with Crippen molar-refractivity contribution < 1.29 is 9.47 Å². The molecule has 2 nitrogen and oxygen atoms in total. The van der Waals surface area contributed by atoms with Crippen molar-refractivity contribution in [2.24, 2.45) is 0 Å². The van der Waals surface area contributed by atoms with Gasteiger partial charge in [0, 0.05) is 15.9 Å². The second-order valence-electron chi connectivity index (χ2n) is 5.15. The van der Waals surface area contributed by atoms with Gasteiger partial charge in [-0.1, -0.05) is 37.9 Å². The Morgan fingerprint density at radius 2 is 2.25 bits per heavy atom. The van der Waals surface area contributed by atoms with Crippen molar-refractivity contribution in [1.29, 1.82) is 0 Å². The van der Waals surface area contributed by atoms with Gasteiger partial charge in [0.05, 0.1) is 12.7 Å². The molecule has 2 unspecified atom stereocenters. The molecule has 20 heavy (non-hydrogen) atoms. The molecule has 2 atom stereocenters. The Kier molecular flexibility index (Phi) is 6.85. The third kappa shape index (κ3) is 4.74. The Balaban J connectivity index is 1.89. The van der Waals surface area contributed by atoms with Crippen LogP contribution in [0.5, 0.6) is 5.75 Å². The molecular formula is C16H22Br2O2. The molecule has 1 aromatic carbocycles. The molecule has 1 aliphatic heterocycles. The molecule has 0 amide bonds. The van der Waals surface area contributed by atoms with Gasteiger partial charge in [-0.3, -0.25) is 0 Å². The molecule has 0 aliphatic carbocycles. The van der Waals surface area contributed by atoms with Gasteiger partial charge < -0.3 is 9.47 Å². The number of alkyl halides is 1. The van der Waals surface area contributed by atoms with Crippen LogP contribution in [0.2, 0.25) is 0 Å². The molecule has 1 fully saturated rings. The quantitative estimate of drug-likeness (QED) is 0.570. The lowest BCUT2D eigenvalue weighted by atomic mass is 10.0. The number of rotatable bonds is 6. The van der Waals surface area contributed by atoms with Gasteiger partial charge in [-0.15, -0.1) is 0 Å². The molecule has 2 rings (SSSR count). The third-order valence-electron chi connectivity index (χ3n) is 3.64. The van der Waals surface area contributed by atoms with Crippen molar-refractivity contribution in [1.82, 2.24) is 0 Å². The van der Waals surface area contributed by atoms with E-state index < -0.39 is 0 Å². The van der Waals surface area contributed by atoms with Crippen LogP contribution >= 0.6 is 31.9 Å². The van der Waals surface area contributed by atoms with Crippen LogP contribution in [0.1, 0.15) is 49.4 Å². The van der Waals surface area contributed by atoms with Gasteiger partial charge >= 0.3 is 0 Å². The van der Waals surface area contributed by atoms with E-state index in [9.17, 15) is 0 Å². The summed E-state index contributed by atoms with van der Waals surface area (Å²) < 4.78 is 12.4. The van der Waals surface area contributed by atoms with Crippen molar-refractivity contribution in [3.8, 4) is 5.75 Å². The number of benzene rings is 1. The maximum absolute atomic E-state index is 5.79. The first-order valence-electron chi connectivity index (χ1n) is 7.38. The lowest BCUT2D eigenvalue weighted by molar-refractivity contribution is 0.0101. The minimum atomic E-state index is 0.359. The van der Waals surface area contributed by atoms with E-state index >= 15 is 0 Å². The molecule has 0 N–H and O–H groups in total. The van der Waals surface area contributed by atoms with Crippen LogP contribution in [-0.4, -0.2) is 19.3 Å². The average molecular weight is 406 g/mol. The van der Waals surface area contributed by atoms with Crippen LogP contribution in [0, 0.1) is 0 Å². The summed E-state index contributed by atoms with van der Waals surface area (Å²) in [5, 5.41) is 0. The van der Waals surface area contributed by atoms with Crippen LogP contribution in [-0.2, 0) is 4.74 Å². The molecule has 0 spiro atoms. The zero-order valence-corrected chi connectivity index (χ0v) is 15.1. The molecular weight excluding hydrogens is 384 g/mol. The summed E-state index contributed by atoms with van der Waals surface area (Å²) in [5.41, 5.74) is 1.28. The maximum atomic E-state index is 5.79. The molecule has 0 radical (unpaired) electrons. The lowest BCUT2D eigenvalue weighted by Gasteiger charge is -2.23. The standard InChI is InChI=1S/C16H22Br2O2/c1-2-19-13-6-8-14(16(18)11-13)15(17)9-7-12-5-3-4-10-20-12/h6,8,11-12,15H,2-5,7,9-10H2,1H3. The number of ether oxygens (including phenoxy) is 2. The van der Waals surface area contributed by atoms with Crippen LogP contribution in [0.3, 0.4) is 0 Å². The fourth-order valence-electron chi connectivity index (χ4n) is 2.54. The Morgan fingerprint density at radius 3 is 2.90 bits per heavy atom. The molecule has 112 valence electrons. The van der Waals surface area contributed by atoms with Gasteiger partial charge in [0.2, 0.25) is 0 Å². The zero-order chi connectivity index (χ0) is 14.4. The van der Waals surface area contributed by atoms with Crippen LogP contribution in [0.4, 0.5) is 0 Å². The summed E-state index contributed by atoms with van der Waals surface area (Å²) in [7, 11) is 0. The van der Waals surface area contributed by atoms with E-state index in [4.69, 9.17) is 9.47 Å². The van der Waals surface area contributed by atoms with E-state index in [2.05, 4.69) is 37.9 Å². The molecule has 1 aliphatic rings. The number of hydrogen-bond donors (Lipinski definition) is 0. The van der Waals surface area contributed by atoms with Gasteiger partial charge in [0.25, 0.3) is 0 Å². The first kappa shape index (κ1) is 16.3. The Bertz CT molecular complexity index is 417. The van der Waals surface area contributed by atoms with Crippen molar-refractivity contribution in [3.63, 3.8) is 0 Å². The van der Waals surface area contributed by atoms with E-state index in [0.717, 1.165) is 29.7 Å². The summed E-state index contributed by atoms with van der Waals surface area (Å²) in [6, 6.07) is 6.22. The Hall–Kier alpha value is -0.0600. The Morgan fingerprint density at radius 1 is 1.40 bits per heavy atom. The monoisotopic (exact) mass is 404 g/mol. The molecule has 1 heterocycles. The molecule has 4 heteroatoms. The highest BCUT2D eigenvalue weighted by molar-refractivity contribution is 9.11. The summed E-state index contributed by atoms with van der Waals surface area (Å²) in [5.74, 6) is 0.915. The van der Waals surface area contributed by atoms with Crippen LogP contribution < -0.4 is 4.74 Å². The van der Waals surface area contributed by atoms with Gasteiger partial charge in [-0.05, 0) is 56.7 Å². The largest absolute Gasteiger partial charge is 0.494 e. The first-order chi connectivity index (χ1) is 9.70. The number of halogens is 2. The van der Waals surface area contributed by atoms with Gasteiger partial charge in [0.15, 0.2) is 0 Å². The molecule has 1 aromatic rings. The zero-order valence-electron chi connectivity index (χ0n) is 11.9. The second kappa shape index (κ2) is 8.40. The van der Waals surface area contributed by atoms with Crippen molar-refractivity contribution >= 4 is 31.9 Å². The first-order valence-corrected chi connectivity index (χ1v) is 9.09. The smallest absolute Gasteiger partial charge is 0.120 e. The summed E-state index contributed by atoms with van der Waals surface area (Å²) >= 11 is 7.44. The maximum Gasteiger partial charge on any atom is 0.120 e. The fourth-order valence-corrected chi connectivity index (χ4v) is 4.15. The highest BCUT2D eigenvalue weighted by Crippen LogP contribution is 2.36. The molecule has 1 saturated heterocycles. The summed E-state index contributed by atoms with van der Waals surface area (Å²) in [6.45, 7) is 3.63. The van der Waals surface area contributed by atoms with Gasteiger partial charge in [-0.25, -0.2) is 0 Å². The second-order valence-corrected chi connectivity index (χ2v) is 7.11. The van der Waals surface area contributed by atoms with E-state index in [1.165, 1.54) is 24.8 Å². The van der Waals surface area contributed by atoms with Crippen molar-refractivity contribution in [2.45, 2.75) is 50.0 Å². The van der Waals surface area contributed by atoms with E-state index in [-0.39, 0.29) is 0 Å². The predicted molar refractivity (Wildman–Crippen MR) is 89.8 cm³/mol. The van der Waals surface area contributed by atoms with Crippen molar-refractivity contribution in [2.75, 3.05) is 13.2 Å². The molecule has 0 bridgehead atoms. The SMILES string of the molecule is CCOc1ccc(C(Br)CCC2CCCCO2)c(Br)c1. The van der Waals surface area contributed by atoms with Gasteiger partial charge in [-0.2, -0.15) is 0 Å².